The fourth-order valence-corrected chi connectivity index (χ4v) is 2.60. The first-order valence-corrected chi connectivity index (χ1v) is 6.42. The number of anilines is 1. The molecule has 3 N–H and O–H groups in total. The Morgan fingerprint density at radius 1 is 1.59 bits per heavy atom. The molecule has 6 heteroatoms. The maximum Gasteiger partial charge on any atom is 0.243 e. The van der Waals surface area contributed by atoms with Crippen molar-refractivity contribution in [2.75, 3.05) is 5.73 Å². The summed E-state index contributed by atoms with van der Waals surface area (Å²) in [5.74, 6) is 1.71. The zero-order valence-electron chi connectivity index (χ0n) is 9.27. The van der Waals surface area contributed by atoms with E-state index < -0.39 is 21.9 Å². The Bertz CT molecular complexity index is 549. The Hall–Kier alpha value is -1.58. The van der Waals surface area contributed by atoms with Crippen LogP contribution < -0.4 is 10.5 Å². The van der Waals surface area contributed by atoms with Gasteiger partial charge in [-0.15, -0.1) is 6.42 Å². The summed E-state index contributed by atoms with van der Waals surface area (Å²) in [5, 5.41) is 0. The first-order valence-electron chi connectivity index (χ1n) is 4.94. The van der Waals surface area contributed by atoms with Crippen LogP contribution in [0.25, 0.3) is 0 Å². The van der Waals surface area contributed by atoms with Gasteiger partial charge < -0.3 is 5.73 Å². The van der Waals surface area contributed by atoms with Crippen molar-refractivity contribution in [3.05, 3.63) is 24.0 Å². The maximum atomic E-state index is 12.8. The van der Waals surface area contributed by atoms with Gasteiger partial charge in [0.05, 0.1) is 11.7 Å². The van der Waals surface area contributed by atoms with Gasteiger partial charge in [-0.1, -0.05) is 12.8 Å². The molecule has 1 aromatic carbocycles. The molecule has 0 saturated carbocycles. The highest BCUT2D eigenvalue weighted by atomic mass is 32.2. The van der Waals surface area contributed by atoms with Crippen LogP contribution in [0, 0.1) is 18.2 Å². The van der Waals surface area contributed by atoms with Crippen molar-refractivity contribution in [2.45, 2.75) is 24.3 Å². The first kappa shape index (κ1) is 13.5. The van der Waals surface area contributed by atoms with E-state index in [0.29, 0.717) is 6.42 Å². The summed E-state index contributed by atoms with van der Waals surface area (Å²) in [6.07, 6.45) is 5.62. The molecule has 0 fully saturated rings. The van der Waals surface area contributed by atoms with Gasteiger partial charge in [0.1, 0.15) is 10.7 Å². The highest BCUT2D eigenvalue weighted by molar-refractivity contribution is 7.89. The van der Waals surface area contributed by atoms with E-state index in [-0.39, 0.29) is 10.6 Å². The fourth-order valence-electron chi connectivity index (χ4n) is 1.25. The summed E-state index contributed by atoms with van der Waals surface area (Å²) < 4.78 is 38.9. The van der Waals surface area contributed by atoms with Gasteiger partial charge in [0.15, 0.2) is 0 Å². The van der Waals surface area contributed by atoms with Crippen molar-refractivity contribution < 1.29 is 12.8 Å². The number of hydrogen-bond acceptors (Lipinski definition) is 3. The molecule has 0 saturated heterocycles. The Balaban J connectivity index is 3.10. The third-order valence-electron chi connectivity index (χ3n) is 2.17. The average molecular weight is 256 g/mol. The third-order valence-corrected chi connectivity index (χ3v) is 3.71. The van der Waals surface area contributed by atoms with Gasteiger partial charge in [-0.3, -0.25) is 0 Å². The second-order valence-electron chi connectivity index (χ2n) is 3.43. The molecule has 4 nitrogen and oxygen atoms in total. The molecule has 0 radical (unpaired) electrons. The Morgan fingerprint density at radius 2 is 2.24 bits per heavy atom. The van der Waals surface area contributed by atoms with Crippen molar-refractivity contribution in [3.8, 4) is 12.3 Å². The smallest absolute Gasteiger partial charge is 0.243 e. The minimum atomic E-state index is -3.82. The van der Waals surface area contributed by atoms with Crippen LogP contribution in [0.2, 0.25) is 0 Å². The van der Waals surface area contributed by atoms with Crippen molar-refractivity contribution in [1.82, 2.24) is 4.72 Å². The molecule has 1 unspecified atom stereocenters. The van der Waals surface area contributed by atoms with Gasteiger partial charge in [0.25, 0.3) is 0 Å². The average Bonchev–Trinajstić information content (AvgIpc) is 2.25. The van der Waals surface area contributed by atoms with E-state index in [0.717, 1.165) is 18.2 Å². The van der Waals surface area contributed by atoms with Gasteiger partial charge in [-0.2, -0.15) is 4.72 Å². The third kappa shape index (κ3) is 3.19. The topological polar surface area (TPSA) is 72.2 Å². The molecule has 0 aliphatic rings. The molecule has 0 bridgehead atoms. The van der Waals surface area contributed by atoms with Crippen LogP contribution in [0.15, 0.2) is 23.1 Å². The van der Waals surface area contributed by atoms with Crippen molar-refractivity contribution >= 4 is 15.7 Å². The molecule has 17 heavy (non-hydrogen) atoms. The van der Waals surface area contributed by atoms with E-state index in [2.05, 4.69) is 10.6 Å². The minimum Gasteiger partial charge on any atom is -0.398 e. The maximum absolute atomic E-state index is 12.8. The second-order valence-corrected chi connectivity index (χ2v) is 5.11. The van der Waals surface area contributed by atoms with Gasteiger partial charge in [0, 0.05) is 0 Å². The molecule has 0 spiro atoms. The molecular formula is C11H13FN2O2S. The van der Waals surface area contributed by atoms with E-state index in [1.807, 2.05) is 0 Å². The number of nitrogen functional groups attached to an aromatic ring is 1. The van der Waals surface area contributed by atoms with E-state index in [1.54, 1.807) is 6.92 Å². The van der Waals surface area contributed by atoms with E-state index in [4.69, 9.17) is 12.2 Å². The summed E-state index contributed by atoms with van der Waals surface area (Å²) in [6, 6.07) is 2.48. The van der Waals surface area contributed by atoms with Gasteiger partial charge in [0.2, 0.25) is 10.0 Å². The minimum absolute atomic E-state index is 0.149. The molecular weight excluding hydrogens is 243 g/mol. The number of benzene rings is 1. The summed E-state index contributed by atoms with van der Waals surface area (Å²) in [6.45, 7) is 1.75. The SMILES string of the molecule is C#CC(CC)NS(=O)(=O)c1ccc(F)cc1N. The van der Waals surface area contributed by atoms with E-state index in [9.17, 15) is 12.8 Å². The number of hydrogen-bond donors (Lipinski definition) is 2. The Morgan fingerprint density at radius 3 is 2.71 bits per heavy atom. The number of sulfonamides is 1. The van der Waals surface area contributed by atoms with E-state index in [1.165, 1.54) is 0 Å². The number of nitrogens with two attached hydrogens (primary N) is 1. The predicted octanol–water partition coefficient (Wildman–Crippen LogP) is 1.10. The van der Waals surface area contributed by atoms with Gasteiger partial charge >= 0.3 is 0 Å². The lowest BCUT2D eigenvalue weighted by Gasteiger charge is -2.12. The van der Waals surface area contributed by atoms with Crippen LogP contribution in [-0.4, -0.2) is 14.5 Å². The number of terminal acetylenes is 1. The summed E-state index contributed by atoms with van der Waals surface area (Å²) in [7, 11) is -3.82. The molecule has 0 aliphatic heterocycles. The van der Waals surface area contributed by atoms with Gasteiger partial charge in [-0.05, 0) is 24.6 Å². The Labute approximate surface area is 100 Å². The van der Waals surface area contributed by atoms with E-state index >= 15 is 0 Å². The second kappa shape index (κ2) is 5.17. The highest BCUT2D eigenvalue weighted by Crippen LogP contribution is 2.19. The predicted molar refractivity (Wildman–Crippen MR) is 64.0 cm³/mol. The molecule has 92 valence electrons. The molecule has 0 aromatic heterocycles. The number of nitrogens with one attached hydrogen (secondary N) is 1. The van der Waals surface area contributed by atoms with Crippen LogP contribution in [0.1, 0.15) is 13.3 Å². The molecule has 1 atom stereocenters. The molecule has 1 aromatic rings. The number of halogens is 1. The van der Waals surface area contributed by atoms with Crippen LogP contribution in [0.4, 0.5) is 10.1 Å². The Kier molecular flexibility index (Phi) is 4.10. The molecule has 0 aliphatic carbocycles. The van der Waals surface area contributed by atoms with Crippen LogP contribution in [0.3, 0.4) is 0 Å². The lowest BCUT2D eigenvalue weighted by molar-refractivity contribution is 0.570. The lowest BCUT2D eigenvalue weighted by Crippen LogP contribution is -2.33. The summed E-state index contributed by atoms with van der Waals surface area (Å²) >= 11 is 0. The monoisotopic (exact) mass is 256 g/mol. The number of rotatable bonds is 4. The highest BCUT2D eigenvalue weighted by Gasteiger charge is 2.20. The van der Waals surface area contributed by atoms with Crippen LogP contribution in [0.5, 0.6) is 0 Å². The first-order chi connectivity index (χ1) is 7.90. The van der Waals surface area contributed by atoms with Crippen LogP contribution >= 0.6 is 0 Å². The fraction of sp³-hybridized carbons (Fsp3) is 0.273. The van der Waals surface area contributed by atoms with Crippen molar-refractivity contribution in [1.29, 1.82) is 0 Å². The normalized spacial score (nSPS) is 13.0. The quantitative estimate of drug-likeness (QED) is 0.626. The summed E-state index contributed by atoms with van der Waals surface area (Å²) in [5.41, 5.74) is 5.31. The standard InChI is InChI=1S/C11H13FN2O2S/c1-3-9(4-2)14-17(15,16)11-6-5-8(12)7-10(11)13/h1,5-7,9,14H,4,13H2,2H3. The summed E-state index contributed by atoms with van der Waals surface area (Å²) in [4.78, 5) is -0.174. The van der Waals surface area contributed by atoms with Crippen molar-refractivity contribution in [3.63, 3.8) is 0 Å². The van der Waals surface area contributed by atoms with Crippen molar-refractivity contribution in [2.24, 2.45) is 0 Å². The zero-order chi connectivity index (χ0) is 13.1. The molecule has 1 rings (SSSR count). The largest absolute Gasteiger partial charge is 0.398 e. The lowest BCUT2D eigenvalue weighted by atomic mass is 10.3. The molecule has 0 heterocycles. The van der Waals surface area contributed by atoms with Gasteiger partial charge in [-0.25, -0.2) is 12.8 Å². The zero-order valence-corrected chi connectivity index (χ0v) is 10.1. The molecule has 0 amide bonds. The van der Waals surface area contributed by atoms with Crippen LogP contribution in [-0.2, 0) is 10.0 Å².